The van der Waals surface area contributed by atoms with Crippen molar-refractivity contribution in [2.75, 3.05) is 33.8 Å². The van der Waals surface area contributed by atoms with E-state index in [1.54, 1.807) is 43.5 Å². The van der Waals surface area contributed by atoms with Gasteiger partial charge in [0.2, 0.25) is 5.91 Å². The van der Waals surface area contributed by atoms with E-state index in [4.69, 9.17) is 23.9 Å². The first-order chi connectivity index (χ1) is 23.9. The van der Waals surface area contributed by atoms with Gasteiger partial charge in [-0.25, -0.2) is 9.67 Å². The van der Waals surface area contributed by atoms with E-state index in [0.717, 1.165) is 11.3 Å². The number of ether oxygens (including phenoxy) is 4. The van der Waals surface area contributed by atoms with E-state index in [0.29, 0.717) is 50.3 Å². The van der Waals surface area contributed by atoms with Crippen LogP contribution in [0.2, 0.25) is 0 Å². The maximum atomic E-state index is 14.6. The number of carbonyl (C=O) groups excluding carboxylic acids is 2. The highest BCUT2D eigenvalue weighted by atomic mass is 32.1. The zero-order chi connectivity index (χ0) is 34.3. The molecule has 0 fully saturated rings. The van der Waals surface area contributed by atoms with Gasteiger partial charge < -0.3 is 29.2 Å². The third-order valence-corrected chi connectivity index (χ3v) is 8.74. The molecule has 2 aromatic heterocycles. The van der Waals surface area contributed by atoms with Gasteiger partial charge in [0, 0.05) is 17.0 Å². The topological polar surface area (TPSA) is 130 Å². The summed E-state index contributed by atoms with van der Waals surface area (Å²) >= 11 is 1.40. The fourth-order valence-electron chi connectivity index (χ4n) is 5.45. The van der Waals surface area contributed by atoms with Gasteiger partial charge in [-0.3, -0.25) is 9.59 Å². The number of fused-ring (bicyclic) bond motifs is 1. The monoisotopic (exact) mass is 678 g/mol. The molecular formula is C36H34N6O6S. The molecule has 13 heteroatoms. The number of rotatable bonds is 13. The van der Waals surface area contributed by atoms with Gasteiger partial charge in [-0.2, -0.15) is 0 Å². The normalized spacial score (nSPS) is 11.5. The molecule has 0 aliphatic carbocycles. The lowest BCUT2D eigenvalue weighted by atomic mass is 10.0. The quantitative estimate of drug-likeness (QED) is 0.156. The molecule has 0 aliphatic heterocycles. The molecule has 0 saturated heterocycles. The number of methoxy groups -OCH3 is 4. The molecule has 2 amide bonds. The van der Waals surface area contributed by atoms with Crippen LogP contribution >= 0.6 is 11.3 Å². The van der Waals surface area contributed by atoms with Crippen LogP contribution < -0.4 is 24.3 Å². The van der Waals surface area contributed by atoms with Gasteiger partial charge in [0.25, 0.3) is 5.91 Å². The van der Waals surface area contributed by atoms with Gasteiger partial charge in [0.1, 0.15) is 34.6 Å². The number of thiazole rings is 1. The summed E-state index contributed by atoms with van der Waals surface area (Å²) in [7, 11) is 6.09. The van der Waals surface area contributed by atoms with Crippen molar-refractivity contribution in [2.24, 2.45) is 0 Å². The molecule has 1 unspecified atom stereocenters. The van der Waals surface area contributed by atoms with E-state index < -0.39 is 11.9 Å². The molecule has 12 nitrogen and oxygen atoms in total. The van der Waals surface area contributed by atoms with Gasteiger partial charge >= 0.3 is 0 Å². The summed E-state index contributed by atoms with van der Waals surface area (Å²) in [5.41, 5.74) is 3.93. The number of amides is 2. The van der Waals surface area contributed by atoms with Crippen molar-refractivity contribution in [1.29, 1.82) is 0 Å². The summed E-state index contributed by atoms with van der Waals surface area (Å²) in [6, 6.07) is 26.2. The summed E-state index contributed by atoms with van der Waals surface area (Å²) in [5, 5.41) is 14.0. The Bertz CT molecular complexity index is 2080. The zero-order valence-electron chi connectivity index (χ0n) is 27.3. The number of aromatic nitrogens is 4. The molecule has 250 valence electrons. The molecule has 0 bridgehead atoms. The lowest BCUT2D eigenvalue weighted by Crippen LogP contribution is -2.42. The van der Waals surface area contributed by atoms with Crippen LogP contribution in [0.25, 0.3) is 22.3 Å². The standard InChI is InChI=1S/C36H34N6O6S/c1-45-25-15-16-27(31(19-25)47-3)38-36(44)35(24-14-17-30(46-2)32(18-24)48-4)41(20-33-37-28(22-49-33)23-10-6-5-7-11-23)34(43)21-42-29-13-9-8-12-26(29)39-40-42/h5-19,22,35H,20-21H2,1-4H3,(H,38,44). The van der Waals surface area contributed by atoms with Crippen molar-refractivity contribution in [1.82, 2.24) is 24.9 Å². The highest BCUT2D eigenvalue weighted by Crippen LogP contribution is 2.36. The smallest absolute Gasteiger partial charge is 0.251 e. The fraction of sp³-hybridized carbons (Fsp3) is 0.194. The first-order valence-electron chi connectivity index (χ1n) is 15.2. The first-order valence-corrected chi connectivity index (χ1v) is 16.1. The van der Waals surface area contributed by atoms with Gasteiger partial charge in [0.05, 0.1) is 51.9 Å². The molecule has 6 rings (SSSR count). The molecule has 0 aliphatic rings. The lowest BCUT2D eigenvalue weighted by Gasteiger charge is -2.31. The van der Waals surface area contributed by atoms with Gasteiger partial charge in [-0.15, -0.1) is 16.4 Å². The van der Waals surface area contributed by atoms with Crippen LogP contribution in [-0.4, -0.2) is 65.1 Å². The van der Waals surface area contributed by atoms with Crippen LogP contribution in [0.3, 0.4) is 0 Å². The Morgan fingerprint density at radius 1 is 0.837 bits per heavy atom. The predicted molar refractivity (Wildman–Crippen MR) is 186 cm³/mol. The predicted octanol–water partition coefficient (Wildman–Crippen LogP) is 6.00. The number of anilines is 1. The minimum atomic E-state index is -1.15. The largest absolute Gasteiger partial charge is 0.497 e. The Morgan fingerprint density at radius 2 is 1.59 bits per heavy atom. The van der Waals surface area contributed by atoms with E-state index in [2.05, 4.69) is 15.6 Å². The minimum absolute atomic E-state index is 0.0230. The molecule has 1 N–H and O–H groups in total. The first kappa shape index (κ1) is 33.0. The summed E-state index contributed by atoms with van der Waals surface area (Å²) in [5.74, 6) is 0.937. The van der Waals surface area contributed by atoms with Crippen LogP contribution in [0.5, 0.6) is 23.0 Å². The Balaban J connectivity index is 1.45. The Labute approximate surface area is 286 Å². The molecule has 1 atom stereocenters. The third-order valence-electron chi connectivity index (χ3n) is 7.90. The highest BCUT2D eigenvalue weighted by Gasteiger charge is 2.34. The molecule has 0 saturated carbocycles. The molecule has 0 spiro atoms. The van der Waals surface area contributed by atoms with Crippen LogP contribution in [-0.2, 0) is 22.7 Å². The molecule has 49 heavy (non-hydrogen) atoms. The lowest BCUT2D eigenvalue weighted by molar-refractivity contribution is -0.140. The van der Waals surface area contributed by atoms with E-state index in [-0.39, 0.29) is 19.0 Å². The van der Waals surface area contributed by atoms with Crippen molar-refractivity contribution >= 4 is 39.9 Å². The number of nitrogens with one attached hydrogen (secondary N) is 1. The van der Waals surface area contributed by atoms with Gasteiger partial charge in [-0.1, -0.05) is 53.7 Å². The van der Waals surface area contributed by atoms with E-state index >= 15 is 0 Å². The van der Waals surface area contributed by atoms with Crippen LogP contribution in [0, 0.1) is 0 Å². The SMILES string of the molecule is COc1ccc(NC(=O)C(c2ccc(OC)c(OC)c2)N(Cc2nc(-c3ccccc3)cs2)C(=O)Cn2nnc3ccccc32)c(OC)c1. The Morgan fingerprint density at radius 3 is 2.35 bits per heavy atom. The molecule has 0 radical (unpaired) electrons. The van der Waals surface area contributed by atoms with Gasteiger partial charge in [-0.05, 0) is 42.0 Å². The summed E-state index contributed by atoms with van der Waals surface area (Å²) < 4.78 is 23.5. The maximum absolute atomic E-state index is 14.6. The minimum Gasteiger partial charge on any atom is -0.497 e. The van der Waals surface area contributed by atoms with Crippen molar-refractivity contribution in [3.8, 4) is 34.3 Å². The highest BCUT2D eigenvalue weighted by molar-refractivity contribution is 7.09. The Kier molecular flexibility index (Phi) is 10.00. The molecule has 2 heterocycles. The van der Waals surface area contributed by atoms with Crippen molar-refractivity contribution < 1.29 is 28.5 Å². The molecule has 4 aromatic carbocycles. The van der Waals surface area contributed by atoms with Gasteiger partial charge in [0.15, 0.2) is 11.5 Å². The van der Waals surface area contributed by atoms with E-state index in [1.165, 1.54) is 42.2 Å². The summed E-state index contributed by atoms with van der Waals surface area (Å²) in [6.07, 6.45) is 0. The summed E-state index contributed by atoms with van der Waals surface area (Å²) in [6.45, 7) is -0.157. The second kappa shape index (κ2) is 14.9. The zero-order valence-corrected chi connectivity index (χ0v) is 28.1. The average molecular weight is 679 g/mol. The van der Waals surface area contributed by atoms with Crippen molar-refractivity contribution in [3.63, 3.8) is 0 Å². The van der Waals surface area contributed by atoms with E-state index in [9.17, 15) is 9.59 Å². The second-order valence-corrected chi connectivity index (χ2v) is 11.8. The van der Waals surface area contributed by atoms with Crippen molar-refractivity contribution in [2.45, 2.75) is 19.1 Å². The number of hydrogen-bond donors (Lipinski definition) is 1. The van der Waals surface area contributed by atoms with E-state index in [1.807, 2.05) is 60.0 Å². The number of para-hydroxylation sites is 1. The number of carbonyl (C=O) groups is 2. The third kappa shape index (κ3) is 7.16. The molecule has 6 aromatic rings. The molecular weight excluding hydrogens is 644 g/mol. The van der Waals surface area contributed by atoms with Crippen LogP contribution in [0.4, 0.5) is 5.69 Å². The summed E-state index contributed by atoms with van der Waals surface area (Å²) in [4.78, 5) is 35.4. The average Bonchev–Trinajstić information content (AvgIpc) is 3.79. The number of nitrogens with zero attached hydrogens (tertiary/aromatic N) is 5. The second-order valence-electron chi connectivity index (χ2n) is 10.8. The maximum Gasteiger partial charge on any atom is 0.251 e. The number of benzene rings is 4. The van der Waals surface area contributed by atoms with Crippen LogP contribution in [0.1, 0.15) is 16.6 Å². The number of hydrogen-bond acceptors (Lipinski definition) is 10. The Hall–Kier alpha value is -5.95. The van der Waals surface area contributed by atoms with Crippen LogP contribution in [0.15, 0.2) is 96.4 Å². The van der Waals surface area contributed by atoms with Crippen molar-refractivity contribution in [3.05, 3.63) is 107 Å². The fourth-order valence-corrected chi connectivity index (χ4v) is 6.25.